The number of anilines is 1. The van der Waals surface area contributed by atoms with Gasteiger partial charge in [0.2, 0.25) is 5.78 Å². The van der Waals surface area contributed by atoms with Gasteiger partial charge in [-0.3, -0.25) is 24.2 Å². The van der Waals surface area contributed by atoms with Crippen LogP contribution in [-0.4, -0.2) is 93.1 Å². The molecule has 11 nitrogen and oxygen atoms in total. The van der Waals surface area contributed by atoms with Crippen LogP contribution in [0, 0.1) is 23.6 Å². The largest absolute Gasteiger partial charge is 0.510 e. The molecule has 0 saturated carbocycles. The first-order valence-corrected chi connectivity index (χ1v) is 14.1. The van der Waals surface area contributed by atoms with Gasteiger partial charge in [0.1, 0.15) is 22.9 Å². The molecule has 1 saturated heterocycles. The third-order valence-corrected chi connectivity index (χ3v) is 9.97. The van der Waals surface area contributed by atoms with Gasteiger partial charge in [0.05, 0.1) is 17.3 Å². The van der Waals surface area contributed by atoms with Crippen LogP contribution in [-0.2, 0) is 16.0 Å². The molecule has 5 aliphatic rings. The second-order valence-corrected chi connectivity index (χ2v) is 12.1. The molecule has 0 spiro atoms. The lowest BCUT2D eigenvalue weighted by atomic mass is 9.58. The van der Waals surface area contributed by atoms with Gasteiger partial charge in [-0.05, 0) is 64.7 Å². The molecule has 7 N–H and O–H groups in total. The number of fused-ring (bicyclic) bond motifs is 6. The molecule has 41 heavy (non-hydrogen) atoms. The van der Waals surface area contributed by atoms with Crippen LogP contribution < -0.4 is 11.1 Å². The second-order valence-electron chi connectivity index (χ2n) is 12.1. The van der Waals surface area contributed by atoms with Gasteiger partial charge in [-0.2, -0.15) is 0 Å². The molecule has 1 amide bonds. The van der Waals surface area contributed by atoms with Crippen molar-refractivity contribution in [3.8, 4) is 5.75 Å². The molecule has 0 aromatic heterocycles. The monoisotopic (exact) mass is 570 g/mol. The number of likely N-dealkylation sites (N-methyl/N-ethyl adjacent to an activating group) is 1. The number of likely N-dealkylation sites (tertiary alicyclic amines) is 1. The Balaban J connectivity index is 1.54. The standard InChI is InChI=1S/C29H35FN4O7/c1-4-6-33(2)22-14-9-12-8-13-16(24(36)20-17(19(13)30)21-11(10-32-20)5-7-34(21)3)23(35)15(12)26(38)29(14,41)27(39)18(25(22)37)28(31)40/h11-12,14,21-22,32,36-38,41H,4-10H2,1-3H3,(H2,31,40)/t11?,12?,14-,21?,22-,29-/m0/s1. The van der Waals surface area contributed by atoms with Crippen LogP contribution in [0.1, 0.15) is 53.7 Å². The molecule has 1 aromatic rings. The zero-order valence-corrected chi connectivity index (χ0v) is 23.2. The number of allylic oxidation sites excluding steroid dienone is 1. The number of aliphatic hydroxyl groups excluding tert-OH is 2. The Morgan fingerprint density at radius 3 is 2.63 bits per heavy atom. The van der Waals surface area contributed by atoms with Gasteiger partial charge in [-0.1, -0.05) is 6.92 Å². The minimum atomic E-state index is -2.73. The first-order valence-electron chi connectivity index (χ1n) is 14.1. The number of primary amides is 1. The fraction of sp³-hybridized carbons (Fsp3) is 0.552. The lowest BCUT2D eigenvalue weighted by molar-refractivity contribution is -0.149. The second kappa shape index (κ2) is 9.27. The van der Waals surface area contributed by atoms with Crippen LogP contribution in [0.3, 0.4) is 0 Å². The van der Waals surface area contributed by atoms with Gasteiger partial charge in [0, 0.05) is 35.2 Å². The Hall–Kier alpha value is -3.48. The molecule has 1 fully saturated rings. The number of phenolic OH excluding ortho intramolecular Hbond substituents is 1. The van der Waals surface area contributed by atoms with E-state index in [1.54, 1.807) is 11.9 Å². The SMILES string of the molecule is CCCN(C)[C@@H]1C(O)=C(C(N)=O)C(=O)[C@@]2(O)C(O)=C3C(=O)c4c(O)c5c(c(F)c4CC3C[C@@H]12)C1C(CCN1C)CN5. The molecular formula is C29H35FN4O7. The highest BCUT2D eigenvalue weighted by Crippen LogP contribution is 2.55. The quantitative estimate of drug-likeness (QED) is 0.229. The number of rotatable bonds is 4. The molecule has 0 bridgehead atoms. The van der Waals surface area contributed by atoms with Crippen LogP contribution in [0.5, 0.6) is 5.75 Å². The lowest BCUT2D eigenvalue weighted by Crippen LogP contribution is -2.64. The normalized spacial score (nSPS) is 32.8. The van der Waals surface area contributed by atoms with Crippen molar-refractivity contribution < 1.29 is 39.2 Å². The Morgan fingerprint density at radius 2 is 1.98 bits per heavy atom. The number of phenols is 1. The molecule has 2 heterocycles. The number of carbonyl (C=O) groups is 3. The summed E-state index contributed by atoms with van der Waals surface area (Å²) in [6, 6.07) is -1.35. The number of benzene rings is 1. The average Bonchev–Trinajstić information content (AvgIpc) is 3.29. The Labute approximate surface area is 236 Å². The van der Waals surface area contributed by atoms with Gasteiger partial charge in [-0.25, -0.2) is 4.39 Å². The Morgan fingerprint density at radius 1 is 1.27 bits per heavy atom. The lowest BCUT2D eigenvalue weighted by Gasteiger charge is -2.50. The summed E-state index contributed by atoms with van der Waals surface area (Å²) in [6.45, 7) is 3.55. The van der Waals surface area contributed by atoms with Gasteiger partial charge >= 0.3 is 0 Å². The minimum Gasteiger partial charge on any atom is -0.510 e. The number of nitrogens with one attached hydrogen (secondary N) is 1. The van der Waals surface area contributed by atoms with Crippen LogP contribution in [0.2, 0.25) is 0 Å². The van der Waals surface area contributed by atoms with Crippen molar-refractivity contribution in [2.45, 2.75) is 50.3 Å². The first kappa shape index (κ1) is 27.7. The zero-order valence-electron chi connectivity index (χ0n) is 23.2. The summed E-state index contributed by atoms with van der Waals surface area (Å²) < 4.78 is 16.4. The van der Waals surface area contributed by atoms with E-state index in [0.717, 1.165) is 13.0 Å². The van der Waals surface area contributed by atoms with Crippen LogP contribution in [0.4, 0.5) is 10.1 Å². The fourth-order valence-electron chi connectivity index (χ4n) is 8.15. The fourth-order valence-corrected chi connectivity index (χ4v) is 8.15. The first-order chi connectivity index (χ1) is 19.4. The molecule has 12 heteroatoms. The summed E-state index contributed by atoms with van der Waals surface area (Å²) in [5, 5.41) is 48.9. The maximum absolute atomic E-state index is 16.4. The predicted molar refractivity (Wildman–Crippen MR) is 145 cm³/mol. The van der Waals surface area contributed by atoms with E-state index >= 15 is 4.39 Å². The van der Waals surface area contributed by atoms with Crippen LogP contribution in [0.25, 0.3) is 0 Å². The molecule has 220 valence electrons. The number of hydrogen-bond donors (Lipinski definition) is 6. The summed E-state index contributed by atoms with van der Waals surface area (Å²) in [7, 11) is 3.54. The highest BCUT2D eigenvalue weighted by Gasteiger charge is 2.63. The van der Waals surface area contributed by atoms with E-state index in [1.165, 1.54) is 0 Å². The Bertz CT molecular complexity index is 1470. The van der Waals surface area contributed by atoms with Crippen molar-refractivity contribution in [2.75, 3.05) is 39.0 Å². The number of nitrogens with zero attached hydrogens (tertiary/aromatic N) is 2. The number of amides is 1. The van der Waals surface area contributed by atoms with E-state index < -0.39 is 69.6 Å². The number of aromatic hydroxyl groups is 1. The van der Waals surface area contributed by atoms with Gasteiger partial charge in [-0.15, -0.1) is 0 Å². The molecular weight excluding hydrogens is 535 g/mol. The minimum absolute atomic E-state index is 0.0270. The van der Waals surface area contributed by atoms with Gasteiger partial charge in [0.15, 0.2) is 17.1 Å². The molecule has 3 unspecified atom stereocenters. The van der Waals surface area contributed by atoms with E-state index in [1.807, 2.05) is 18.9 Å². The van der Waals surface area contributed by atoms with E-state index in [2.05, 4.69) is 5.32 Å². The molecule has 3 aliphatic carbocycles. The Kier molecular flexibility index (Phi) is 6.25. The highest BCUT2D eigenvalue weighted by atomic mass is 19.1. The van der Waals surface area contributed by atoms with E-state index in [4.69, 9.17) is 5.73 Å². The van der Waals surface area contributed by atoms with E-state index in [-0.39, 0.29) is 47.2 Å². The highest BCUT2D eigenvalue weighted by molar-refractivity contribution is 6.25. The smallest absolute Gasteiger partial charge is 0.255 e. The molecule has 1 aromatic carbocycles. The van der Waals surface area contributed by atoms with Crippen molar-refractivity contribution in [3.63, 3.8) is 0 Å². The maximum atomic E-state index is 16.4. The number of Topliss-reactive ketones (excluding diaryl/α,β-unsaturated/α-hetero) is 2. The van der Waals surface area contributed by atoms with Crippen molar-refractivity contribution in [1.29, 1.82) is 0 Å². The number of aliphatic hydroxyl groups is 3. The summed E-state index contributed by atoms with van der Waals surface area (Å²) >= 11 is 0. The van der Waals surface area contributed by atoms with Gasteiger partial charge < -0.3 is 31.5 Å². The number of ketones is 2. The zero-order chi connectivity index (χ0) is 29.7. The summed E-state index contributed by atoms with van der Waals surface area (Å²) in [4.78, 5) is 43.4. The number of halogens is 1. The van der Waals surface area contributed by atoms with Crippen LogP contribution in [0.15, 0.2) is 22.7 Å². The predicted octanol–water partition coefficient (Wildman–Crippen LogP) is 1.46. The summed E-state index contributed by atoms with van der Waals surface area (Å²) in [6.07, 6.45) is 1.34. The maximum Gasteiger partial charge on any atom is 0.255 e. The number of carbonyl (C=O) groups excluding carboxylic acids is 3. The third kappa shape index (κ3) is 3.50. The molecule has 0 radical (unpaired) electrons. The van der Waals surface area contributed by atoms with Crippen LogP contribution >= 0.6 is 0 Å². The summed E-state index contributed by atoms with van der Waals surface area (Å²) in [5.74, 6) is -7.90. The van der Waals surface area contributed by atoms with E-state index in [9.17, 15) is 34.8 Å². The average molecular weight is 571 g/mol. The summed E-state index contributed by atoms with van der Waals surface area (Å²) in [5.41, 5.74) is 1.70. The molecule has 6 rings (SSSR count). The molecule has 6 atom stereocenters. The topological polar surface area (TPSA) is 177 Å². The number of nitrogens with two attached hydrogens (primary N) is 1. The van der Waals surface area contributed by atoms with Crippen molar-refractivity contribution in [2.24, 2.45) is 23.5 Å². The van der Waals surface area contributed by atoms with Crippen molar-refractivity contribution in [3.05, 3.63) is 45.2 Å². The van der Waals surface area contributed by atoms with Crippen molar-refractivity contribution in [1.82, 2.24) is 9.80 Å². The van der Waals surface area contributed by atoms with Crippen molar-refractivity contribution >= 4 is 23.2 Å². The van der Waals surface area contributed by atoms with E-state index in [0.29, 0.717) is 25.1 Å². The number of hydrogen-bond acceptors (Lipinski definition) is 10. The van der Waals surface area contributed by atoms with Gasteiger partial charge in [0.25, 0.3) is 5.91 Å². The molecule has 2 aliphatic heterocycles. The third-order valence-electron chi connectivity index (χ3n) is 9.97.